The molecule has 0 aromatic heterocycles. The van der Waals surface area contributed by atoms with Crippen molar-refractivity contribution in [1.82, 2.24) is 5.01 Å². The number of esters is 1. The van der Waals surface area contributed by atoms with E-state index in [-0.39, 0.29) is 42.1 Å². The summed E-state index contributed by atoms with van der Waals surface area (Å²) in [6.07, 6.45) is 7.60. The zero-order valence-electron chi connectivity index (χ0n) is 15.6. The summed E-state index contributed by atoms with van der Waals surface area (Å²) < 4.78 is 10.1. The summed E-state index contributed by atoms with van der Waals surface area (Å²) in [6, 6.07) is 6.87. The van der Waals surface area contributed by atoms with E-state index in [0.717, 1.165) is 23.4 Å². The van der Waals surface area contributed by atoms with Crippen LogP contribution in [0.25, 0.3) is 0 Å². The van der Waals surface area contributed by atoms with Gasteiger partial charge in [0, 0.05) is 0 Å². The largest absolute Gasteiger partial charge is 0.482 e. The fourth-order valence-electron chi connectivity index (χ4n) is 4.29. The van der Waals surface area contributed by atoms with Gasteiger partial charge in [-0.25, -0.2) is 4.79 Å². The molecule has 1 aromatic carbocycles. The number of amides is 2. The van der Waals surface area contributed by atoms with Crippen molar-refractivity contribution in [2.24, 2.45) is 28.8 Å². The summed E-state index contributed by atoms with van der Waals surface area (Å²) in [5.41, 5.74) is 0.722. The van der Waals surface area contributed by atoms with Gasteiger partial charge in [0.1, 0.15) is 5.75 Å². The highest BCUT2D eigenvalue weighted by Crippen LogP contribution is 2.49. The maximum atomic E-state index is 12.7. The van der Waals surface area contributed by atoms with Crippen molar-refractivity contribution in [3.05, 3.63) is 42.0 Å². The van der Waals surface area contributed by atoms with E-state index in [4.69, 9.17) is 9.47 Å². The van der Waals surface area contributed by atoms with E-state index < -0.39 is 5.97 Å². The van der Waals surface area contributed by atoms with Crippen molar-refractivity contribution in [2.45, 2.75) is 19.8 Å². The Hall–Kier alpha value is -2.96. The molecule has 2 amide bonds. The standard InChI is InChI=1S/C21H22N2O5/c1-2-27-17(24)12-28-16-9-3-13(4-10-16)11-22-23-20(25)18-14-5-6-15(8-7-14)19(18)21(23)26/h3-6,9-11,14-15,18-19H,2,7-8,12H2,1H3/b22-11-/t14-,15-,18+,19+/m1/s1. The van der Waals surface area contributed by atoms with Crippen LogP contribution in [0, 0.1) is 23.7 Å². The molecule has 7 heteroatoms. The smallest absolute Gasteiger partial charge is 0.344 e. The number of imide groups is 1. The van der Waals surface area contributed by atoms with Crippen LogP contribution in [0.15, 0.2) is 41.5 Å². The highest BCUT2D eigenvalue weighted by atomic mass is 16.6. The topological polar surface area (TPSA) is 85.3 Å². The van der Waals surface area contributed by atoms with E-state index in [0.29, 0.717) is 12.4 Å². The molecular formula is C21H22N2O5. The molecular weight excluding hydrogens is 360 g/mol. The number of carbonyl (C=O) groups is 3. The van der Waals surface area contributed by atoms with Gasteiger partial charge in [-0.05, 0) is 61.4 Å². The van der Waals surface area contributed by atoms with E-state index >= 15 is 0 Å². The highest BCUT2D eigenvalue weighted by molar-refractivity contribution is 6.06. The Bertz CT molecular complexity index is 813. The third kappa shape index (κ3) is 3.32. The molecule has 5 rings (SSSR count). The predicted octanol–water partition coefficient (Wildman–Crippen LogP) is 2.16. The van der Waals surface area contributed by atoms with Gasteiger partial charge in [-0.1, -0.05) is 12.2 Å². The lowest BCUT2D eigenvalue weighted by atomic mass is 9.63. The first-order chi connectivity index (χ1) is 13.6. The number of allylic oxidation sites excluding steroid dienone is 2. The Kier molecular flexibility index (Phi) is 4.98. The monoisotopic (exact) mass is 382 g/mol. The molecule has 2 bridgehead atoms. The maximum Gasteiger partial charge on any atom is 0.344 e. The second kappa shape index (κ2) is 7.58. The van der Waals surface area contributed by atoms with Crippen molar-refractivity contribution < 1.29 is 23.9 Å². The van der Waals surface area contributed by atoms with Gasteiger partial charge >= 0.3 is 5.97 Å². The van der Waals surface area contributed by atoms with Crippen molar-refractivity contribution >= 4 is 24.0 Å². The molecule has 1 saturated carbocycles. The van der Waals surface area contributed by atoms with E-state index in [1.807, 2.05) is 0 Å². The summed E-state index contributed by atoms with van der Waals surface area (Å²) in [5, 5.41) is 5.21. The third-order valence-electron chi connectivity index (χ3n) is 5.60. The first-order valence-electron chi connectivity index (χ1n) is 9.57. The number of hydrogen-bond acceptors (Lipinski definition) is 6. The Morgan fingerprint density at radius 2 is 1.71 bits per heavy atom. The van der Waals surface area contributed by atoms with Gasteiger partial charge in [0.15, 0.2) is 6.61 Å². The maximum absolute atomic E-state index is 12.7. The number of rotatable bonds is 6. The van der Waals surface area contributed by atoms with Crippen LogP contribution in [0.3, 0.4) is 0 Å². The number of fused-ring (bicyclic) bond motifs is 1. The molecule has 1 aromatic rings. The van der Waals surface area contributed by atoms with Crippen molar-refractivity contribution in [3.8, 4) is 5.75 Å². The molecule has 0 unspecified atom stereocenters. The summed E-state index contributed by atoms with van der Waals surface area (Å²) in [4.78, 5) is 36.7. The number of ether oxygens (including phenoxy) is 2. The number of carbonyl (C=O) groups excluding carboxylic acids is 3. The fraction of sp³-hybridized carbons (Fsp3) is 0.429. The first-order valence-corrected chi connectivity index (χ1v) is 9.57. The van der Waals surface area contributed by atoms with Crippen LogP contribution in [0.2, 0.25) is 0 Å². The molecule has 0 N–H and O–H groups in total. The molecule has 146 valence electrons. The molecule has 7 nitrogen and oxygen atoms in total. The molecule has 1 heterocycles. The van der Waals surface area contributed by atoms with Gasteiger partial charge in [-0.15, -0.1) is 0 Å². The minimum absolute atomic E-state index is 0.155. The minimum Gasteiger partial charge on any atom is -0.482 e. The third-order valence-corrected chi connectivity index (χ3v) is 5.60. The zero-order chi connectivity index (χ0) is 19.7. The Morgan fingerprint density at radius 3 is 2.25 bits per heavy atom. The average molecular weight is 382 g/mol. The van der Waals surface area contributed by atoms with Crippen LogP contribution < -0.4 is 4.74 Å². The molecule has 0 spiro atoms. The fourth-order valence-corrected chi connectivity index (χ4v) is 4.29. The lowest BCUT2D eigenvalue weighted by molar-refractivity contribution is -0.145. The van der Waals surface area contributed by atoms with E-state index in [9.17, 15) is 14.4 Å². The van der Waals surface area contributed by atoms with Crippen molar-refractivity contribution in [2.75, 3.05) is 13.2 Å². The molecule has 3 aliphatic carbocycles. The summed E-state index contributed by atoms with van der Waals surface area (Å²) >= 11 is 0. The van der Waals surface area contributed by atoms with Crippen LogP contribution in [-0.2, 0) is 19.1 Å². The number of nitrogens with zero attached hydrogens (tertiary/aromatic N) is 2. The first kappa shape index (κ1) is 18.4. The van der Waals surface area contributed by atoms with Crippen molar-refractivity contribution in [1.29, 1.82) is 0 Å². The molecule has 1 saturated heterocycles. The van der Waals surface area contributed by atoms with E-state index in [1.54, 1.807) is 31.2 Å². The van der Waals surface area contributed by atoms with Crippen LogP contribution >= 0.6 is 0 Å². The number of hydrazone groups is 1. The average Bonchev–Trinajstić information content (AvgIpc) is 2.99. The van der Waals surface area contributed by atoms with Gasteiger partial charge in [-0.2, -0.15) is 10.1 Å². The lowest BCUT2D eigenvalue weighted by Crippen LogP contribution is -2.38. The normalized spacial score (nSPS) is 28.1. The van der Waals surface area contributed by atoms with Gasteiger partial charge in [0.2, 0.25) is 0 Å². The minimum atomic E-state index is -0.427. The summed E-state index contributed by atoms with van der Waals surface area (Å²) in [5.74, 6) is -0.500. The van der Waals surface area contributed by atoms with Gasteiger partial charge in [0.05, 0.1) is 24.7 Å². The second-order valence-electron chi connectivity index (χ2n) is 7.24. The Labute approximate surface area is 163 Å². The lowest BCUT2D eigenvalue weighted by Gasteiger charge is -2.37. The predicted molar refractivity (Wildman–Crippen MR) is 100 cm³/mol. The quantitative estimate of drug-likeness (QED) is 0.326. The molecule has 2 fully saturated rings. The van der Waals surface area contributed by atoms with Gasteiger partial charge in [0.25, 0.3) is 11.8 Å². The van der Waals surface area contributed by atoms with E-state index in [1.165, 1.54) is 6.21 Å². The molecule has 1 aliphatic heterocycles. The van der Waals surface area contributed by atoms with E-state index in [2.05, 4.69) is 17.3 Å². The molecule has 28 heavy (non-hydrogen) atoms. The molecule has 4 atom stereocenters. The molecule has 0 radical (unpaired) electrons. The molecule has 4 aliphatic rings. The van der Waals surface area contributed by atoms with Crippen LogP contribution in [0.1, 0.15) is 25.3 Å². The van der Waals surface area contributed by atoms with Crippen LogP contribution in [0.5, 0.6) is 5.75 Å². The van der Waals surface area contributed by atoms with Crippen LogP contribution in [-0.4, -0.2) is 42.2 Å². The Balaban J connectivity index is 1.40. The summed E-state index contributed by atoms with van der Waals surface area (Å²) in [6.45, 7) is 1.89. The van der Waals surface area contributed by atoms with Gasteiger partial charge < -0.3 is 9.47 Å². The second-order valence-corrected chi connectivity index (χ2v) is 7.24. The number of benzene rings is 1. The highest BCUT2D eigenvalue weighted by Gasteiger charge is 2.56. The van der Waals surface area contributed by atoms with Gasteiger partial charge in [-0.3, -0.25) is 9.59 Å². The summed E-state index contributed by atoms with van der Waals surface area (Å²) in [7, 11) is 0. The Morgan fingerprint density at radius 1 is 1.11 bits per heavy atom. The van der Waals surface area contributed by atoms with Crippen LogP contribution in [0.4, 0.5) is 0 Å². The van der Waals surface area contributed by atoms with Crippen molar-refractivity contribution in [3.63, 3.8) is 0 Å². The SMILES string of the molecule is CCOC(=O)COc1ccc(/C=N\N2C(=O)[C@@H]3[C@@H](C2=O)[C@@H]2C=C[C@@H]3CC2)cc1. The zero-order valence-corrected chi connectivity index (χ0v) is 15.6. The number of hydrogen-bond donors (Lipinski definition) is 0.